The highest BCUT2D eigenvalue weighted by atomic mass is 32.1. The van der Waals surface area contributed by atoms with Crippen molar-refractivity contribution in [3.63, 3.8) is 0 Å². The van der Waals surface area contributed by atoms with Gasteiger partial charge in [0.05, 0.1) is 12.6 Å². The second-order valence-electron chi connectivity index (χ2n) is 5.79. The first kappa shape index (κ1) is 21.2. The summed E-state index contributed by atoms with van der Waals surface area (Å²) in [6.45, 7) is 0.915. The van der Waals surface area contributed by atoms with Crippen LogP contribution in [0.25, 0.3) is 0 Å². The largest absolute Gasteiger partial charge is 0.480 e. The van der Waals surface area contributed by atoms with Gasteiger partial charge in [-0.1, -0.05) is 0 Å². The fraction of sp³-hybridized carbons (Fsp3) is 0.714. The minimum Gasteiger partial charge on any atom is -0.480 e. The van der Waals surface area contributed by atoms with Crippen LogP contribution in [0, 0.1) is 0 Å². The zero-order valence-corrected chi connectivity index (χ0v) is 14.7. The van der Waals surface area contributed by atoms with Crippen LogP contribution in [-0.2, 0) is 19.2 Å². The average Bonchev–Trinajstić information content (AvgIpc) is 3.07. The summed E-state index contributed by atoms with van der Waals surface area (Å²) in [6.07, 6.45) is 1.01. The molecular formula is C14H24N4O6S. The average molecular weight is 376 g/mol. The molecule has 0 aliphatic carbocycles. The molecule has 0 radical (unpaired) electrons. The van der Waals surface area contributed by atoms with E-state index in [2.05, 4.69) is 23.3 Å². The lowest BCUT2D eigenvalue weighted by Gasteiger charge is -2.27. The van der Waals surface area contributed by atoms with Crippen LogP contribution in [0.5, 0.6) is 0 Å². The van der Waals surface area contributed by atoms with Crippen molar-refractivity contribution in [3.8, 4) is 0 Å². The first-order valence-corrected chi connectivity index (χ1v) is 8.47. The number of hydrogen-bond acceptors (Lipinski definition) is 7. The van der Waals surface area contributed by atoms with Crippen molar-refractivity contribution in [2.24, 2.45) is 5.73 Å². The summed E-state index contributed by atoms with van der Waals surface area (Å²) in [6, 6.07) is -4.11. The second kappa shape index (κ2) is 9.59. The topological polar surface area (TPSA) is 162 Å². The Bertz CT molecular complexity index is 531. The molecule has 4 unspecified atom stereocenters. The van der Waals surface area contributed by atoms with Gasteiger partial charge < -0.3 is 31.5 Å². The van der Waals surface area contributed by atoms with Crippen LogP contribution in [0.4, 0.5) is 0 Å². The zero-order chi connectivity index (χ0) is 19.1. The number of likely N-dealkylation sites (tertiary alicyclic amines) is 1. The number of hydrogen-bond donors (Lipinski definition) is 6. The molecule has 1 saturated heterocycles. The summed E-state index contributed by atoms with van der Waals surface area (Å²) in [4.78, 5) is 48.6. The summed E-state index contributed by atoms with van der Waals surface area (Å²) < 4.78 is 0. The number of nitrogens with zero attached hydrogens (tertiary/aromatic N) is 1. The lowest BCUT2D eigenvalue weighted by Crippen LogP contribution is -2.57. The third-order valence-electron chi connectivity index (χ3n) is 3.90. The SMILES string of the molecule is CC(NC(=O)C(CO)NC(=O)C1CCCN1C(=O)C(N)CS)C(=O)O. The minimum atomic E-state index is -1.31. The van der Waals surface area contributed by atoms with Crippen molar-refractivity contribution in [2.75, 3.05) is 18.9 Å². The molecule has 142 valence electrons. The molecule has 0 aromatic heterocycles. The smallest absolute Gasteiger partial charge is 0.325 e. The molecule has 0 aromatic carbocycles. The number of carboxylic acid groups (broad SMARTS) is 1. The molecule has 11 heteroatoms. The summed E-state index contributed by atoms with van der Waals surface area (Å²) in [5.41, 5.74) is 5.66. The summed E-state index contributed by atoms with van der Waals surface area (Å²) >= 11 is 3.97. The molecule has 25 heavy (non-hydrogen) atoms. The maximum atomic E-state index is 12.4. The monoisotopic (exact) mass is 376 g/mol. The van der Waals surface area contributed by atoms with Crippen LogP contribution in [-0.4, -0.2) is 81.9 Å². The normalized spacial score (nSPS) is 20.5. The third kappa shape index (κ3) is 5.58. The van der Waals surface area contributed by atoms with Crippen LogP contribution < -0.4 is 16.4 Å². The number of thiol groups is 1. The molecule has 1 heterocycles. The Hall–Kier alpha value is -1.85. The van der Waals surface area contributed by atoms with Crippen LogP contribution >= 0.6 is 12.6 Å². The van der Waals surface area contributed by atoms with Crippen LogP contribution in [0.2, 0.25) is 0 Å². The predicted octanol–water partition coefficient (Wildman–Crippen LogP) is -2.70. The van der Waals surface area contributed by atoms with Crippen molar-refractivity contribution < 1.29 is 29.4 Å². The maximum Gasteiger partial charge on any atom is 0.325 e. The third-order valence-corrected chi connectivity index (χ3v) is 4.29. The fourth-order valence-corrected chi connectivity index (χ4v) is 2.59. The summed E-state index contributed by atoms with van der Waals surface area (Å²) in [5, 5.41) is 22.6. The predicted molar refractivity (Wildman–Crippen MR) is 90.8 cm³/mol. The Morgan fingerprint density at radius 1 is 1.32 bits per heavy atom. The highest BCUT2D eigenvalue weighted by Gasteiger charge is 2.37. The van der Waals surface area contributed by atoms with Gasteiger partial charge in [-0.05, 0) is 19.8 Å². The molecule has 0 saturated carbocycles. The molecule has 1 fully saturated rings. The quantitative estimate of drug-likeness (QED) is 0.251. The van der Waals surface area contributed by atoms with Gasteiger partial charge in [0, 0.05) is 12.3 Å². The standard InChI is InChI=1S/C14H24N4O6S/c1-7(14(23)24)16-11(20)9(5-19)17-12(21)10-3-2-4-18(10)13(22)8(15)6-25/h7-10,19,25H,2-6,15H2,1H3,(H,16,20)(H,17,21)(H,23,24). The van der Waals surface area contributed by atoms with Crippen molar-refractivity contribution >= 4 is 36.3 Å². The molecule has 6 N–H and O–H groups in total. The van der Waals surface area contributed by atoms with Crippen molar-refractivity contribution in [1.29, 1.82) is 0 Å². The van der Waals surface area contributed by atoms with E-state index < -0.39 is 54.5 Å². The van der Waals surface area contributed by atoms with Crippen LogP contribution in [0.15, 0.2) is 0 Å². The molecule has 3 amide bonds. The van der Waals surface area contributed by atoms with Gasteiger partial charge in [0.25, 0.3) is 0 Å². The van der Waals surface area contributed by atoms with E-state index in [1.807, 2.05) is 0 Å². The Labute approximate surface area is 150 Å². The number of carbonyl (C=O) groups excluding carboxylic acids is 3. The fourth-order valence-electron chi connectivity index (χ4n) is 2.43. The number of amides is 3. The molecule has 1 aliphatic heterocycles. The minimum absolute atomic E-state index is 0.137. The van der Waals surface area contributed by atoms with Crippen molar-refractivity contribution in [2.45, 2.75) is 43.9 Å². The number of aliphatic hydroxyl groups excluding tert-OH is 1. The maximum absolute atomic E-state index is 12.4. The second-order valence-corrected chi connectivity index (χ2v) is 6.16. The molecule has 10 nitrogen and oxygen atoms in total. The van der Waals surface area contributed by atoms with Gasteiger partial charge in [-0.2, -0.15) is 12.6 Å². The van der Waals surface area contributed by atoms with E-state index in [0.29, 0.717) is 19.4 Å². The van der Waals surface area contributed by atoms with Crippen molar-refractivity contribution in [3.05, 3.63) is 0 Å². The molecule has 0 bridgehead atoms. The Kier molecular flexibility index (Phi) is 8.13. The highest BCUT2D eigenvalue weighted by Crippen LogP contribution is 2.18. The van der Waals surface area contributed by atoms with Crippen LogP contribution in [0.3, 0.4) is 0 Å². The van der Waals surface area contributed by atoms with Gasteiger partial charge in [0.15, 0.2) is 0 Å². The van der Waals surface area contributed by atoms with Crippen molar-refractivity contribution in [1.82, 2.24) is 15.5 Å². The first-order valence-electron chi connectivity index (χ1n) is 7.84. The number of nitrogens with one attached hydrogen (secondary N) is 2. The molecule has 1 rings (SSSR count). The molecule has 0 spiro atoms. The van der Waals surface area contributed by atoms with E-state index in [0.717, 1.165) is 0 Å². The van der Waals surface area contributed by atoms with Gasteiger partial charge in [0.1, 0.15) is 18.1 Å². The Balaban J connectivity index is 2.72. The molecular weight excluding hydrogens is 352 g/mol. The molecule has 4 atom stereocenters. The van der Waals surface area contributed by atoms with E-state index in [1.54, 1.807) is 0 Å². The van der Waals surface area contributed by atoms with Gasteiger partial charge in [-0.3, -0.25) is 19.2 Å². The number of aliphatic hydroxyl groups is 1. The lowest BCUT2D eigenvalue weighted by molar-refractivity contribution is -0.143. The van der Waals surface area contributed by atoms with E-state index >= 15 is 0 Å². The molecule has 1 aliphatic rings. The Morgan fingerprint density at radius 2 is 1.96 bits per heavy atom. The number of rotatable bonds is 8. The number of aliphatic carboxylic acids is 1. The summed E-state index contributed by atoms with van der Waals surface area (Å²) in [7, 11) is 0. The van der Waals surface area contributed by atoms with Gasteiger partial charge in [-0.15, -0.1) is 0 Å². The number of carboxylic acids is 1. The zero-order valence-electron chi connectivity index (χ0n) is 13.8. The summed E-state index contributed by atoms with van der Waals surface area (Å²) in [5.74, 6) is -2.94. The first-order chi connectivity index (χ1) is 11.7. The highest BCUT2D eigenvalue weighted by molar-refractivity contribution is 7.80. The van der Waals surface area contributed by atoms with Crippen LogP contribution in [0.1, 0.15) is 19.8 Å². The molecule has 0 aromatic rings. The van der Waals surface area contributed by atoms with E-state index in [1.165, 1.54) is 11.8 Å². The number of nitrogens with two attached hydrogens (primary N) is 1. The Morgan fingerprint density at radius 3 is 2.48 bits per heavy atom. The number of carbonyl (C=O) groups is 4. The van der Waals surface area contributed by atoms with Gasteiger partial charge >= 0.3 is 5.97 Å². The van der Waals surface area contributed by atoms with E-state index in [9.17, 15) is 24.3 Å². The van der Waals surface area contributed by atoms with E-state index in [-0.39, 0.29) is 5.75 Å². The van der Waals surface area contributed by atoms with E-state index in [4.69, 9.17) is 10.8 Å². The van der Waals surface area contributed by atoms with Gasteiger partial charge in [0.2, 0.25) is 17.7 Å². The lowest BCUT2D eigenvalue weighted by atomic mass is 10.1. The van der Waals surface area contributed by atoms with Gasteiger partial charge in [-0.25, -0.2) is 0 Å².